The third kappa shape index (κ3) is 3.72. The molecule has 0 aromatic carbocycles. The Bertz CT molecular complexity index is 577. The molecule has 0 saturated carbocycles. The lowest BCUT2D eigenvalue weighted by molar-refractivity contribution is 0.218. The van der Waals surface area contributed by atoms with Gasteiger partial charge in [0.05, 0.1) is 13.2 Å². The Balaban J connectivity index is 2.15. The Morgan fingerprint density at radius 2 is 1.85 bits per heavy atom. The highest BCUT2D eigenvalue weighted by Gasteiger charge is 2.27. The van der Waals surface area contributed by atoms with Crippen LogP contribution < -0.4 is 0 Å². The zero-order valence-corrected chi connectivity index (χ0v) is 12.2. The van der Waals surface area contributed by atoms with Crippen molar-refractivity contribution in [2.75, 3.05) is 13.2 Å². The van der Waals surface area contributed by atoms with Gasteiger partial charge in [0.1, 0.15) is 6.16 Å². The minimum absolute atomic E-state index is 0.0107. The Morgan fingerprint density at radius 1 is 1.20 bits per heavy atom. The van der Waals surface area contributed by atoms with E-state index in [1.165, 1.54) is 0 Å². The molecule has 20 heavy (non-hydrogen) atoms. The van der Waals surface area contributed by atoms with Crippen molar-refractivity contribution in [3.8, 4) is 11.5 Å². The Hall–Kier alpha value is -1.56. The summed E-state index contributed by atoms with van der Waals surface area (Å²) in [6.45, 7) is 4.10. The Kier molecular flexibility index (Phi) is 5.00. The van der Waals surface area contributed by atoms with Crippen molar-refractivity contribution in [1.29, 1.82) is 0 Å². The normalized spacial score (nSPS) is 11.7. The fourth-order valence-electron chi connectivity index (χ4n) is 1.63. The summed E-state index contributed by atoms with van der Waals surface area (Å²) >= 11 is 0. The van der Waals surface area contributed by atoms with Crippen molar-refractivity contribution in [3.63, 3.8) is 0 Å². The van der Waals surface area contributed by atoms with Crippen LogP contribution in [0.1, 0.15) is 19.7 Å². The van der Waals surface area contributed by atoms with Gasteiger partial charge in [0.2, 0.25) is 0 Å². The van der Waals surface area contributed by atoms with Crippen LogP contribution in [-0.4, -0.2) is 28.3 Å². The number of rotatable bonds is 7. The summed E-state index contributed by atoms with van der Waals surface area (Å²) in [5.74, 6) is 0.643. The third-order valence-electron chi connectivity index (χ3n) is 2.38. The quantitative estimate of drug-likeness (QED) is 0.726. The van der Waals surface area contributed by atoms with Gasteiger partial charge in [-0.2, -0.15) is 4.98 Å². The van der Waals surface area contributed by atoms with Crippen molar-refractivity contribution < 1.29 is 18.1 Å². The number of aromatic nitrogens is 3. The maximum Gasteiger partial charge on any atom is 0.338 e. The fraction of sp³-hybridized carbons (Fsp3) is 0.417. The van der Waals surface area contributed by atoms with Crippen LogP contribution in [0.4, 0.5) is 0 Å². The van der Waals surface area contributed by atoms with Crippen LogP contribution in [0.2, 0.25) is 0 Å². The summed E-state index contributed by atoms with van der Waals surface area (Å²) < 4.78 is 27.9. The summed E-state index contributed by atoms with van der Waals surface area (Å²) in [6, 6.07) is 3.50. The van der Waals surface area contributed by atoms with Crippen LogP contribution in [0, 0.1) is 0 Å². The summed E-state index contributed by atoms with van der Waals surface area (Å²) in [5.41, 5.74) is 0.751. The highest BCUT2D eigenvalue weighted by atomic mass is 31.2. The minimum atomic E-state index is -3.22. The van der Waals surface area contributed by atoms with E-state index in [9.17, 15) is 4.57 Å². The predicted molar refractivity (Wildman–Crippen MR) is 72.1 cm³/mol. The van der Waals surface area contributed by atoms with Crippen molar-refractivity contribution in [2.45, 2.75) is 20.0 Å². The van der Waals surface area contributed by atoms with E-state index in [-0.39, 0.29) is 6.16 Å². The van der Waals surface area contributed by atoms with Gasteiger partial charge < -0.3 is 13.6 Å². The first-order valence-corrected chi connectivity index (χ1v) is 8.00. The monoisotopic (exact) mass is 297 g/mol. The maximum atomic E-state index is 12.4. The highest BCUT2D eigenvalue weighted by Crippen LogP contribution is 2.50. The van der Waals surface area contributed by atoms with Crippen LogP contribution in [0.15, 0.2) is 29.0 Å². The topological polar surface area (TPSA) is 87.3 Å². The van der Waals surface area contributed by atoms with E-state index in [0.717, 1.165) is 5.56 Å². The first kappa shape index (κ1) is 14.8. The summed E-state index contributed by atoms with van der Waals surface area (Å²) in [6.07, 6.45) is 3.25. The molecule has 0 saturated heterocycles. The summed E-state index contributed by atoms with van der Waals surface area (Å²) in [5, 5.41) is 3.80. The van der Waals surface area contributed by atoms with Crippen LogP contribution in [0.3, 0.4) is 0 Å². The smallest absolute Gasteiger partial charge is 0.334 e. The van der Waals surface area contributed by atoms with Gasteiger partial charge in [0.25, 0.3) is 5.89 Å². The summed E-state index contributed by atoms with van der Waals surface area (Å²) in [7, 11) is -3.22. The second-order valence-electron chi connectivity index (χ2n) is 3.86. The molecular weight excluding hydrogens is 281 g/mol. The third-order valence-corrected chi connectivity index (χ3v) is 4.36. The molecule has 0 amide bonds. The number of hydrogen-bond donors (Lipinski definition) is 0. The van der Waals surface area contributed by atoms with Gasteiger partial charge >= 0.3 is 7.60 Å². The van der Waals surface area contributed by atoms with Gasteiger partial charge in [-0.15, -0.1) is 0 Å². The first-order chi connectivity index (χ1) is 9.67. The van der Waals surface area contributed by atoms with E-state index in [4.69, 9.17) is 13.6 Å². The molecular formula is C12H16N3O4P. The van der Waals surface area contributed by atoms with E-state index in [0.29, 0.717) is 24.9 Å². The van der Waals surface area contributed by atoms with Gasteiger partial charge in [0.15, 0.2) is 5.82 Å². The molecule has 0 fully saturated rings. The fourth-order valence-corrected chi connectivity index (χ4v) is 3.14. The maximum absolute atomic E-state index is 12.4. The molecule has 0 N–H and O–H groups in total. The van der Waals surface area contributed by atoms with Crippen LogP contribution in [-0.2, 0) is 19.8 Å². The number of nitrogens with zero attached hydrogens (tertiary/aromatic N) is 3. The Morgan fingerprint density at radius 3 is 2.45 bits per heavy atom. The van der Waals surface area contributed by atoms with Gasteiger partial charge in [-0.25, -0.2) is 0 Å². The molecule has 0 bridgehead atoms. The lowest BCUT2D eigenvalue weighted by atomic mass is 10.3. The highest BCUT2D eigenvalue weighted by molar-refractivity contribution is 7.53. The summed E-state index contributed by atoms with van der Waals surface area (Å²) in [4.78, 5) is 8.10. The molecule has 2 rings (SSSR count). The zero-order valence-electron chi connectivity index (χ0n) is 11.4. The molecule has 0 spiro atoms. The molecule has 0 radical (unpaired) electrons. The van der Waals surface area contributed by atoms with Crippen LogP contribution >= 0.6 is 7.60 Å². The van der Waals surface area contributed by atoms with E-state index in [2.05, 4.69) is 15.1 Å². The second-order valence-corrected chi connectivity index (χ2v) is 5.91. The molecule has 108 valence electrons. The van der Waals surface area contributed by atoms with Crippen molar-refractivity contribution in [1.82, 2.24) is 15.1 Å². The number of pyridine rings is 1. The SMILES string of the molecule is CCOP(=O)(Cc1noc(-c2ccncc2)n1)OCC. The largest absolute Gasteiger partial charge is 0.338 e. The van der Waals surface area contributed by atoms with E-state index >= 15 is 0 Å². The predicted octanol–water partition coefficient (Wildman–Crippen LogP) is 2.90. The molecule has 7 nitrogen and oxygen atoms in total. The molecule has 2 aromatic rings. The minimum Gasteiger partial charge on any atom is -0.334 e. The van der Waals surface area contributed by atoms with E-state index in [1.807, 2.05) is 0 Å². The molecule has 8 heteroatoms. The lowest BCUT2D eigenvalue weighted by Gasteiger charge is -2.14. The Labute approximate surface area is 116 Å². The first-order valence-electron chi connectivity index (χ1n) is 6.28. The second kappa shape index (κ2) is 6.74. The van der Waals surface area contributed by atoms with Crippen molar-refractivity contribution in [2.24, 2.45) is 0 Å². The van der Waals surface area contributed by atoms with Gasteiger partial charge in [-0.3, -0.25) is 9.55 Å². The van der Waals surface area contributed by atoms with Crippen LogP contribution in [0.25, 0.3) is 11.5 Å². The molecule has 0 aliphatic rings. The average molecular weight is 297 g/mol. The standard InChI is InChI=1S/C12H16N3O4P/c1-3-17-20(16,18-4-2)9-11-14-12(19-15-11)10-5-7-13-8-6-10/h5-8H,3-4,9H2,1-2H3. The molecule has 0 aliphatic carbocycles. The average Bonchev–Trinajstić information content (AvgIpc) is 2.88. The van der Waals surface area contributed by atoms with Gasteiger partial charge in [-0.1, -0.05) is 5.16 Å². The van der Waals surface area contributed by atoms with Gasteiger partial charge in [0, 0.05) is 18.0 Å². The van der Waals surface area contributed by atoms with Crippen LogP contribution in [0.5, 0.6) is 0 Å². The molecule has 0 unspecified atom stereocenters. The zero-order chi connectivity index (χ0) is 14.4. The van der Waals surface area contributed by atoms with Crippen molar-refractivity contribution >= 4 is 7.60 Å². The molecule has 0 atom stereocenters. The molecule has 0 aliphatic heterocycles. The molecule has 2 heterocycles. The lowest BCUT2D eigenvalue weighted by Crippen LogP contribution is -2.00. The molecule has 2 aromatic heterocycles. The van der Waals surface area contributed by atoms with E-state index < -0.39 is 7.60 Å². The van der Waals surface area contributed by atoms with E-state index in [1.54, 1.807) is 38.4 Å². The van der Waals surface area contributed by atoms with Gasteiger partial charge in [-0.05, 0) is 26.0 Å². The number of hydrogen-bond acceptors (Lipinski definition) is 7. The van der Waals surface area contributed by atoms with Crippen molar-refractivity contribution in [3.05, 3.63) is 30.4 Å².